The van der Waals surface area contributed by atoms with E-state index < -0.39 is 24.0 Å². The Morgan fingerprint density at radius 2 is 1.79 bits per heavy atom. The second-order valence-corrected chi connectivity index (χ2v) is 3.58. The lowest BCUT2D eigenvalue weighted by Crippen LogP contribution is -2.21. The van der Waals surface area contributed by atoms with Crippen LogP contribution in [-0.4, -0.2) is 48.9 Å². The van der Waals surface area contributed by atoms with Gasteiger partial charge in [0.2, 0.25) is 0 Å². The maximum atomic E-state index is 11.2. The molecule has 0 spiro atoms. The summed E-state index contributed by atoms with van der Waals surface area (Å²) in [5.74, 6) is -1.78. The van der Waals surface area contributed by atoms with Crippen molar-refractivity contribution in [3.63, 3.8) is 0 Å². The largest absolute Gasteiger partial charge is 0.463 e. The molecular weight excluding hydrogens is 256 g/mol. The van der Waals surface area contributed by atoms with Gasteiger partial charge in [-0.05, 0) is 6.92 Å². The Morgan fingerprint density at radius 1 is 1.21 bits per heavy atom. The van der Waals surface area contributed by atoms with Crippen LogP contribution in [0.25, 0.3) is 0 Å². The molecule has 0 aromatic rings. The van der Waals surface area contributed by atoms with Crippen molar-refractivity contribution >= 4 is 17.9 Å². The normalized spacial score (nSPS) is 11.3. The van der Waals surface area contributed by atoms with Gasteiger partial charge < -0.3 is 19.3 Å². The van der Waals surface area contributed by atoms with E-state index in [1.165, 1.54) is 0 Å². The van der Waals surface area contributed by atoms with Crippen molar-refractivity contribution in [1.82, 2.24) is 0 Å². The van der Waals surface area contributed by atoms with Crippen molar-refractivity contribution in [2.24, 2.45) is 0 Å². The standard InChI is InChI=1S/C12H18O7/c1-3-10(14)19-9(2)8-18-12(16)5-4-11(15)17-7-6-13/h3,9,13H,1,4-8H2,2H3. The van der Waals surface area contributed by atoms with E-state index in [0.29, 0.717) is 0 Å². The molecule has 0 aliphatic rings. The Balaban J connectivity index is 3.72. The van der Waals surface area contributed by atoms with Crippen LogP contribution in [0.2, 0.25) is 0 Å². The summed E-state index contributed by atoms with van der Waals surface area (Å²) in [5.41, 5.74) is 0. The summed E-state index contributed by atoms with van der Waals surface area (Å²) < 4.78 is 14.1. The Bertz CT molecular complexity index is 324. The number of aliphatic hydroxyl groups is 1. The zero-order valence-corrected chi connectivity index (χ0v) is 10.8. The van der Waals surface area contributed by atoms with E-state index in [1.54, 1.807) is 6.92 Å². The fraction of sp³-hybridized carbons (Fsp3) is 0.583. The van der Waals surface area contributed by atoms with Gasteiger partial charge in [0.1, 0.15) is 19.3 Å². The van der Waals surface area contributed by atoms with Crippen LogP contribution in [0.5, 0.6) is 0 Å². The fourth-order valence-corrected chi connectivity index (χ4v) is 0.999. The maximum Gasteiger partial charge on any atom is 0.330 e. The molecule has 0 bridgehead atoms. The van der Waals surface area contributed by atoms with Crippen molar-refractivity contribution in [1.29, 1.82) is 0 Å². The molecule has 7 nitrogen and oxygen atoms in total. The first kappa shape index (κ1) is 17.1. The van der Waals surface area contributed by atoms with E-state index in [1.807, 2.05) is 0 Å². The average Bonchev–Trinajstić information content (AvgIpc) is 2.40. The quantitative estimate of drug-likeness (QED) is 0.358. The van der Waals surface area contributed by atoms with Crippen LogP contribution in [0, 0.1) is 0 Å². The summed E-state index contributed by atoms with van der Waals surface area (Å²) in [6.45, 7) is 4.34. The highest BCUT2D eigenvalue weighted by Gasteiger charge is 2.12. The van der Waals surface area contributed by atoms with Crippen LogP contribution in [0.1, 0.15) is 19.8 Å². The Hall–Kier alpha value is -1.89. The van der Waals surface area contributed by atoms with E-state index >= 15 is 0 Å². The number of carbonyl (C=O) groups is 3. The molecule has 0 fully saturated rings. The highest BCUT2D eigenvalue weighted by Crippen LogP contribution is 1.99. The molecule has 0 saturated heterocycles. The molecule has 1 unspecified atom stereocenters. The van der Waals surface area contributed by atoms with Crippen molar-refractivity contribution in [2.75, 3.05) is 19.8 Å². The summed E-state index contributed by atoms with van der Waals surface area (Å²) in [7, 11) is 0. The van der Waals surface area contributed by atoms with Crippen LogP contribution in [-0.2, 0) is 28.6 Å². The maximum absolute atomic E-state index is 11.2. The molecule has 0 aromatic heterocycles. The number of rotatable bonds is 9. The Kier molecular flexibility index (Phi) is 9.07. The third-order valence-corrected chi connectivity index (χ3v) is 1.85. The molecule has 1 N–H and O–H groups in total. The van der Waals surface area contributed by atoms with E-state index in [9.17, 15) is 14.4 Å². The number of esters is 3. The van der Waals surface area contributed by atoms with E-state index in [-0.39, 0.29) is 32.7 Å². The highest BCUT2D eigenvalue weighted by atomic mass is 16.6. The van der Waals surface area contributed by atoms with Gasteiger partial charge in [-0.15, -0.1) is 0 Å². The van der Waals surface area contributed by atoms with Crippen LogP contribution < -0.4 is 0 Å². The Labute approximate surface area is 111 Å². The highest BCUT2D eigenvalue weighted by molar-refractivity contribution is 5.81. The minimum atomic E-state index is -0.601. The second-order valence-electron chi connectivity index (χ2n) is 3.58. The van der Waals surface area contributed by atoms with E-state index in [4.69, 9.17) is 14.6 Å². The monoisotopic (exact) mass is 274 g/mol. The molecule has 1 atom stereocenters. The molecule has 7 heteroatoms. The lowest BCUT2D eigenvalue weighted by Gasteiger charge is -2.12. The van der Waals surface area contributed by atoms with Gasteiger partial charge in [0.25, 0.3) is 0 Å². The zero-order valence-electron chi connectivity index (χ0n) is 10.8. The smallest absolute Gasteiger partial charge is 0.330 e. The summed E-state index contributed by atoms with van der Waals surface area (Å²) in [5, 5.41) is 8.41. The molecular formula is C12H18O7. The SMILES string of the molecule is C=CC(=O)OC(C)COC(=O)CCC(=O)OCCO. The zero-order chi connectivity index (χ0) is 14.7. The lowest BCUT2D eigenvalue weighted by molar-refractivity contribution is -0.156. The van der Waals surface area contributed by atoms with Crippen molar-refractivity contribution < 1.29 is 33.7 Å². The number of hydrogen-bond donors (Lipinski definition) is 1. The molecule has 0 aliphatic heterocycles. The molecule has 19 heavy (non-hydrogen) atoms. The van der Waals surface area contributed by atoms with Crippen LogP contribution in [0.3, 0.4) is 0 Å². The Morgan fingerprint density at radius 3 is 2.32 bits per heavy atom. The van der Waals surface area contributed by atoms with Gasteiger partial charge >= 0.3 is 17.9 Å². The average molecular weight is 274 g/mol. The van der Waals surface area contributed by atoms with Gasteiger partial charge in [-0.25, -0.2) is 4.79 Å². The van der Waals surface area contributed by atoms with Crippen molar-refractivity contribution in [3.05, 3.63) is 12.7 Å². The minimum Gasteiger partial charge on any atom is -0.463 e. The molecule has 0 aliphatic carbocycles. The lowest BCUT2D eigenvalue weighted by atomic mass is 10.3. The first-order valence-corrected chi connectivity index (χ1v) is 5.74. The van der Waals surface area contributed by atoms with Gasteiger partial charge in [0, 0.05) is 6.08 Å². The topological polar surface area (TPSA) is 99.1 Å². The van der Waals surface area contributed by atoms with Crippen LogP contribution >= 0.6 is 0 Å². The summed E-state index contributed by atoms with van der Waals surface area (Å²) in [6, 6.07) is 0. The van der Waals surface area contributed by atoms with Crippen molar-refractivity contribution in [2.45, 2.75) is 25.9 Å². The third kappa shape index (κ3) is 9.78. The van der Waals surface area contributed by atoms with Gasteiger partial charge in [-0.2, -0.15) is 0 Å². The van der Waals surface area contributed by atoms with Gasteiger partial charge in [0.05, 0.1) is 19.4 Å². The molecule has 0 radical (unpaired) electrons. The van der Waals surface area contributed by atoms with Crippen molar-refractivity contribution in [3.8, 4) is 0 Å². The first-order chi connectivity index (χ1) is 8.99. The first-order valence-electron chi connectivity index (χ1n) is 5.74. The van der Waals surface area contributed by atoms with E-state index in [2.05, 4.69) is 11.3 Å². The molecule has 108 valence electrons. The second kappa shape index (κ2) is 10.1. The summed E-state index contributed by atoms with van der Waals surface area (Å²) >= 11 is 0. The van der Waals surface area contributed by atoms with Gasteiger partial charge in [-0.1, -0.05) is 6.58 Å². The predicted molar refractivity (Wildman–Crippen MR) is 64.0 cm³/mol. The van der Waals surface area contributed by atoms with Gasteiger partial charge in [0.15, 0.2) is 0 Å². The molecule has 0 heterocycles. The fourth-order valence-electron chi connectivity index (χ4n) is 0.999. The number of ether oxygens (including phenoxy) is 3. The summed E-state index contributed by atoms with van der Waals surface area (Å²) in [6.07, 6.45) is 0.164. The molecule has 0 saturated carbocycles. The summed E-state index contributed by atoms with van der Waals surface area (Å²) in [4.78, 5) is 33.1. The number of carbonyl (C=O) groups excluding carboxylic acids is 3. The molecule has 0 rings (SSSR count). The van der Waals surface area contributed by atoms with Crippen LogP contribution in [0.15, 0.2) is 12.7 Å². The predicted octanol–water partition coefficient (Wildman–Crippen LogP) is -0.0370. The van der Waals surface area contributed by atoms with Gasteiger partial charge in [-0.3, -0.25) is 9.59 Å². The van der Waals surface area contributed by atoms with E-state index in [0.717, 1.165) is 6.08 Å². The van der Waals surface area contributed by atoms with Crippen LogP contribution in [0.4, 0.5) is 0 Å². The molecule has 0 aromatic carbocycles. The third-order valence-electron chi connectivity index (χ3n) is 1.85. The number of aliphatic hydroxyl groups excluding tert-OH is 1. The molecule has 0 amide bonds. The number of hydrogen-bond acceptors (Lipinski definition) is 7. The minimum absolute atomic E-state index is 0.0932.